The topological polar surface area (TPSA) is 64.2 Å². The van der Waals surface area contributed by atoms with Gasteiger partial charge in [0, 0.05) is 16.0 Å². The smallest absolute Gasteiger partial charge is 0.260 e. The molecule has 1 aliphatic rings. The molecule has 2 aromatic carbocycles. The minimum absolute atomic E-state index is 0.0403. The van der Waals surface area contributed by atoms with Crippen LogP contribution >= 0.6 is 22.9 Å². The molecule has 1 aliphatic carbocycles. The van der Waals surface area contributed by atoms with E-state index < -0.39 is 5.82 Å². The average Bonchev–Trinajstić information content (AvgIpc) is 3.16. The van der Waals surface area contributed by atoms with Gasteiger partial charge in [0.15, 0.2) is 11.5 Å². The number of thiophene rings is 1. The fourth-order valence-electron chi connectivity index (χ4n) is 4.24. The maximum atomic E-state index is 14.1. The molecule has 0 amide bonds. The Labute approximate surface area is 199 Å². The normalized spacial score (nSPS) is 15.5. The molecule has 0 fully saturated rings. The zero-order valence-electron chi connectivity index (χ0n) is 18.2. The van der Waals surface area contributed by atoms with Gasteiger partial charge in [-0.3, -0.25) is 4.79 Å². The minimum Gasteiger partial charge on any atom is -0.493 e. The van der Waals surface area contributed by atoms with Gasteiger partial charge in [0.25, 0.3) is 5.56 Å². The van der Waals surface area contributed by atoms with Gasteiger partial charge in [-0.15, -0.1) is 11.3 Å². The Morgan fingerprint density at radius 1 is 1.27 bits per heavy atom. The first-order valence-electron chi connectivity index (χ1n) is 10.7. The third-order valence-electron chi connectivity index (χ3n) is 6.04. The van der Waals surface area contributed by atoms with E-state index in [1.165, 1.54) is 18.1 Å². The molecule has 0 radical (unpaired) electrons. The molecule has 1 N–H and O–H groups in total. The molecule has 5 rings (SSSR count). The fraction of sp³-hybridized carbons (Fsp3) is 0.280. The number of hydrogen-bond acceptors (Lipinski definition) is 5. The number of nitrogens with one attached hydrogen (secondary N) is 1. The highest BCUT2D eigenvalue weighted by Crippen LogP contribution is 2.37. The first-order valence-corrected chi connectivity index (χ1v) is 11.9. The summed E-state index contributed by atoms with van der Waals surface area (Å²) in [4.78, 5) is 22.7. The second-order valence-corrected chi connectivity index (χ2v) is 9.79. The average molecular weight is 485 g/mol. The van der Waals surface area contributed by atoms with Gasteiger partial charge < -0.3 is 14.5 Å². The number of hydrogen-bond donors (Lipinski definition) is 1. The second kappa shape index (κ2) is 8.80. The van der Waals surface area contributed by atoms with E-state index in [1.54, 1.807) is 41.7 Å². The number of aromatic amines is 1. The molecule has 1 atom stereocenters. The number of nitrogens with zero attached hydrogens (tertiary/aromatic N) is 1. The largest absolute Gasteiger partial charge is 0.493 e. The molecule has 4 aromatic rings. The van der Waals surface area contributed by atoms with E-state index in [-0.39, 0.29) is 17.7 Å². The summed E-state index contributed by atoms with van der Waals surface area (Å²) in [6.45, 7) is 2.20. The van der Waals surface area contributed by atoms with Crippen LogP contribution in [-0.4, -0.2) is 17.1 Å². The summed E-state index contributed by atoms with van der Waals surface area (Å²) < 4.78 is 25.3. The van der Waals surface area contributed by atoms with E-state index in [0.29, 0.717) is 33.8 Å². The predicted octanol–water partition coefficient (Wildman–Crippen LogP) is 6.16. The number of H-pyrrole nitrogens is 1. The van der Waals surface area contributed by atoms with Crippen LogP contribution in [0.25, 0.3) is 21.6 Å². The highest BCUT2D eigenvalue weighted by Gasteiger charge is 2.23. The van der Waals surface area contributed by atoms with Gasteiger partial charge in [-0.25, -0.2) is 9.37 Å². The lowest BCUT2D eigenvalue weighted by Gasteiger charge is -2.17. The summed E-state index contributed by atoms with van der Waals surface area (Å²) in [5.41, 5.74) is 2.01. The van der Waals surface area contributed by atoms with Crippen LogP contribution in [0.3, 0.4) is 0 Å². The third-order valence-corrected chi connectivity index (χ3v) is 7.54. The number of rotatable bonds is 5. The zero-order chi connectivity index (χ0) is 23.1. The van der Waals surface area contributed by atoms with Crippen LogP contribution in [-0.2, 0) is 19.4 Å². The number of aromatic nitrogens is 2. The van der Waals surface area contributed by atoms with Crippen molar-refractivity contribution >= 4 is 33.2 Å². The lowest BCUT2D eigenvalue weighted by molar-refractivity contribution is 0.280. The molecule has 0 bridgehead atoms. The van der Waals surface area contributed by atoms with Crippen LogP contribution in [0.2, 0.25) is 5.02 Å². The highest BCUT2D eigenvalue weighted by atomic mass is 35.5. The molecule has 2 aromatic heterocycles. The molecule has 1 unspecified atom stereocenters. The Morgan fingerprint density at radius 3 is 2.91 bits per heavy atom. The number of aryl methyl sites for hydroxylation is 1. The van der Waals surface area contributed by atoms with E-state index >= 15 is 0 Å². The molecule has 2 heterocycles. The van der Waals surface area contributed by atoms with Crippen molar-refractivity contribution in [2.45, 2.75) is 32.8 Å². The Kier molecular flexibility index (Phi) is 5.85. The fourth-order valence-corrected chi connectivity index (χ4v) is 5.84. The minimum atomic E-state index is -0.429. The summed E-state index contributed by atoms with van der Waals surface area (Å²) in [5.74, 6) is 1.55. The lowest BCUT2D eigenvalue weighted by Crippen LogP contribution is -2.13. The molecule has 33 heavy (non-hydrogen) atoms. The Morgan fingerprint density at radius 2 is 2.12 bits per heavy atom. The first-order chi connectivity index (χ1) is 15.9. The van der Waals surface area contributed by atoms with Crippen molar-refractivity contribution in [1.29, 1.82) is 0 Å². The molecular weight excluding hydrogens is 463 g/mol. The van der Waals surface area contributed by atoms with Crippen LogP contribution in [0, 0.1) is 11.7 Å². The van der Waals surface area contributed by atoms with Crippen LogP contribution in [0.15, 0.2) is 41.2 Å². The van der Waals surface area contributed by atoms with Crippen molar-refractivity contribution < 1.29 is 13.9 Å². The van der Waals surface area contributed by atoms with E-state index in [9.17, 15) is 9.18 Å². The Bertz CT molecular complexity index is 1390. The summed E-state index contributed by atoms with van der Waals surface area (Å²) in [6, 6.07) is 9.76. The van der Waals surface area contributed by atoms with Crippen LogP contribution in [0.5, 0.6) is 11.5 Å². The monoisotopic (exact) mass is 484 g/mol. The molecule has 0 aliphatic heterocycles. The summed E-state index contributed by atoms with van der Waals surface area (Å²) in [7, 11) is 1.52. The number of halogens is 2. The van der Waals surface area contributed by atoms with E-state index in [4.69, 9.17) is 26.1 Å². The summed E-state index contributed by atoms with van der Waals surface area (Å²) >= 11 is 7.70. The maximum Gasteiger partial charge on any atom is 0.260 e. The van der Waals surface area contributed by atoms with Crippen molar-refractivity contribution in [2.75, 3.05) is 7.11 Å². The molecule has 0 saturated heterocycles. The highest BCUT2D eigenvalue weighted by molar-refractivity contribution is 7.18. The molecule has 8 heteroatoms. The van der Waals surface area contributed by atoms with Gasteiger partial charge in [-0.1, -0.05) is 24.6 Å². The number of fused-ring (bicyclic) bond motifs is 3. The van der Waals surface area contributed by atoms with Crippen LogP contribution in [0.4, 0.5) is 4.39 Å². The Hall–Kier alpha value is -2.90. The lowest BCUT2D eigenvalue weighted by atomic mass is 9.89. The van der Waals surface area contributed by atoms with E-state index in [2.05, 4.69) is 11.9 Å². The maximum absolute atomic E-state index is 14.1. The van der Waals surface area contributed by atoms with Gasteiger partial charge in [-0.05, 0) is 61.1 Å². The first kappa shape index (κ1) is 21.9. The van der Waals surface area contributed by atoms with Crippen LogP contribution in [0.1, 0.15) is 29.3 Å². The summed E-state index contributed by atoms with van der Waals surface area (Å²) in [5, 5.41) is 1.02. The van der Waals surface area contributed by atoms with Gasteiger partial charge in [0.1, 0.15) is 23.1 Å². The molecule has 5 nitrogen and oxygen atoms in total. The van der Waals surface area contributed by atoms with Crippen molar-refractivity contribution in [3.05, 3.63) is 73.6 Å². The molecular formula is C25H22ClFN2O3S. The van der Waals surface area contributed by atoms with E-state index in [0.717, 1.165) is 35.0 Å². The van der Waals surface area contributed by atoms with Crippen molar-refractivity contribution in [3.8, 4) is 22.9 Å². The number of methoxy groups -OCH3 is 1. The van der Waals surface area contributed by atoms with Gasteiger partial charge in [0.2, 0.25) is 0 Å². The van der Waals surface area contributed by atoms with Crippen LogP contribution < -0.4 is 15.0 Å². The third kappa shape index (κ3) is 4.11. The van der Waals surface area contributed by atoms with Gasteiger partial charge >= 0.3 is 0 Å². The molecule has 0 spiro atoms. The molecule has 170 valence electrons. The standard InChI is InChI=1S/C25H22ClFN2O3S/c1-13-6-8-15-21(10-13)33-25-22(15)24(30)28-23(29-25)14-7-9-19(20(11-14)31-2)32-12-16-17(26)4-3-5-18(16)27/h3-5,7,9,11,13H,6,8,10,12H2,1-2H3,(H,28,29,30). The number of ether oxygens (including phenoxy) is 2. The predicted molar refractivity (Wildman–Crippen MR) is 129 cm³/mol. The van der Waals surface area contributed by atoms with Crippen molar-refractivity contribution in [2.24, 2.45) is 5.92 Å². The van der Waals surface area contributed by atoms with Crippen molar-refractivity contribution in [1.82, 2.24) is 9.97 Å². The Balaban J connectivity index is 1.47. The number of benzene rings is 2. The molecule has 0 saturated carbocycles. The quantitative estimate of drug-likeness (QED) is 0.368. The van der Waals surface area contributed by atoms with Gasteiger partial charge in [-0.2, -0.15) is 0 Å². The van der Waals surface area contributed by atoms with E-state index in [1.807, 2.05) is 0 Å². The van der Waals surface area contributed by atoms with Crippen molar-refractivity contribution in [3.63, 3.8) is 0 Å². The second-order valence-electron chi connectivity index (χ2n) is 8.30. The van der Waals surface area contributed by atoms with Gasteiger partial charge in [0.05, 0.1) is 17.5 Å². The zero-order valence-corrected chi connectivity index (χ0v) is 19.8. The summed E-state index contributed by atoms with van der Waals surface area (Å²) in [6.07, 6.45) is 3.01. The SMILES string of the molecule is COc1cc(-c2nc3sc4c(c3c(=O)[nH]2)CCC(C)C4)ccc1OCc1c(F)cccc1Cl.